The Morgan fingerprint density at radius 3 is 2.90 bits per heavy atom. The third kappa shape index (κ3) is 3.13. The number of aliphatic hydroxyl groups excluding tert-OH is 1. The molecule has 5 nitrogen and oxygen atoms in total. The van der Waals surface area contributed by atoms with Crippen LogP contribution in [0.25, 0.3) is 0 Å². The van der Waals surface area contributed by atoms with Gasteiger partial charge in [0.25, 0.3) is 5.91 Å². The molecule has 1 aromatic carbocycles. The summed E-state index contributed by atoms with van der Waals surface area (Å²) in [4.78, 5) is 27.2. The summed E-state index contributed by atoms with van der Waals surface area (Å²) in [5.74, 6) is -0.244. The number of rotatable bonds is 4. The number of benzene rings is 1. The average molecular weight is 288 g/mol. The molecular weight excluding hydrogens is 268 g/mol. The Kier molecular flexibility index (Phi) is 4.75. The van der Waals surface area contributed by atoms with E-state index in [1.807, 2.05) is 12.1 Å². The van der Waals surface area contributed by atoms with Gasteiger partial charge in [0.05, 0.1) is 6.61 Å². The minimum atomic E-state index is -0.126. The molecule has 0 unspecified atom stereocenters. The Morgan fingerprint density at radius 2 is 2.24 bits per heavy atom. The minimum absolute atomic E-state index is 0.0607. The molecule has 1 aromatic rings. The van der Waals surface area contributed by atoms with E-state index in [0.717, 1.165) is 24.1 Å². The lowest BCUT2D eigenvalue weighted by atomic mass is 9.98. The molecule has 2 amide bonds. The number of amides is 2. The monoisotopic (exact) mass is 288 g/mol. The minimum Gasteiger partial charge on any atom is -0.395 e. The molecule has 0 saturated heterocycles. The molecule has 1 aliphatic heterocycles. The molecule has 21 heavy (non-hydrogen) atoms. The van der Waals surface area contributed by atoms with Crippen LogP contribution >= 0.6 is 0 Å². The van der Waals surface area contributed by atoms with E-state index in [2.05, 4.69) is 6.58 Å². The van der Waals surface area contributed by atoms with E-state index in [1.165, 1.54) is 11.0 Å². The molecule has 0 saturated carbocycles. The van der Waals surface area contributed by atoms with Gasteiger partial charge in [-0.15, -0.1) is 0 Å². The van der Waals surface area contributed by atoms with E-state index in [-0.39, 0.29) is 18.4 Å². The maximum Gasteiger partial charge on any atom is 0.253 e. The molecule has 112 valence electrons. The SMILES string of the molecule is C=CC(=O)N1CCCc2cc(C(=O)N(C)CCO)ccc21. The van der Waals surface area contributed by atoms with Crippen molar-refractivity contribution in [2.75, 3.05) is 31.6 Å². The predicted molar refractivity (Wildman–Crippen MR) is 81.4 cm³/mol. The first-order valence-corrected chi connectivity index (χ1v) is 7.01. The van der Waals surface area contributed by atoms with Crippen LogP contribution in [0.5, 0.6) is 0 Å². The molecule has 0 atom stereocenters. The molecule has 0 bridgehead atoms. The van der Waals surface area contributed by atoms with Gasteiger partial charge < -0.3 is 14.9 Å². The highest BCUT2D eigenvalue weighted by Crippen LogP contribution is 2.28. The van der Waals surface area contributed by atoms with E-state index in [9.17, 15) is 9.59 Å². The molecule has 1 N–H and O–H groups in total. The van der Waals surface area contributed by atoms with Crippen LogP contribution in [0, 0.1) is 0 Å². The molecule has 1 heterocycles. The van der Waals surface area contributed by atoms with Gasteiger partial charge in [0.15, 0.2) is 0 Å². The van der Waals surface area contributed by atoms with Crippen molar-refractivity contribution in [3.63, 3.8) is 0 Å². The third-order valence-electron chi connectivity index (χ3n) is 3.67. The highest BCUT2D eigenvalue weighted by Gasteiger charge is 2.22. The largest absolute Gasteiger partial charge is 0.395 e. The van der Waals surface area contributed by atoms with Gasteiger partial charge in [-0.3, -0.25) is 9.59 Å². The Morgan fingerprint density at radius 1 is 1.48 bits per heavy atom. The van der Waals surface area contributed by atoms with Crippen molar-refractivity contribution in [1.29, 1.82) is 0 Å². The van der Waals surface area contributed by atoms with Crippen molar-refractivity contribution < 1.29 is 14.7 Å². The Hall–Kier alpha value is -2.14. The zero-order valence-corrected chi connectivity index (χ0v) is 12.2. The van der Waals surface area contributed by atoms with Gasteiger partial charge in [-0.25, -0.2) is 0 Å². The normalized spacial score (nSPS) is 13.5. The van der Waals surface area contributed by atoms with Gasteiger partial charge in [-0.1, -0.05) is 6.58 Å². The molecular formula is C16H20N2O3. The number of anilines is 1. The zero-order valence-electron chi connectivity index (χ0n) is 12.2. The lowest BCUT2D eigenvalue weighted by Gasteiger charge is -2.29. The first-order chi connectivity index (χ1) is 10.1. The number of likely N-dealkylation sites (N-methyl/N-ethyl adjacent to an activating group) is 1. The van der Waals surface area contributed by atoms with Crippen LogP contribution in [-0.2, 0) is 11.2 Å². The number of hydrogen-bond donors (Lipinski definition) is 1. The molecule has 5 heteroatoms. The van der Waals surface area contributed by atoms with Gasteiger partial charge in [-0.2, -0.15) is 0 Å². The first kappa shape index (κ1) is 15.3. The first-order valence-electron chi connectivity index (χ1n) is 7.01. The van der Waals surface area contributed by atoms with Crippen LogP contribution < -0.4 is 4.90 Å². The second kappa shape index (κ2) is 6.54. The van der Waals surface area contributed by atoms with E-state index >= 15 is 0 Å². The summed E-state index contributed by atoms with van der Waals surface area (Å²) in [6, 6.07) is 5.38. The highest BCUT2D eigenvalue weighted by atomic mass is 16.3. The molecule has 0 fully saturated rings. The fraction of sp³-hybridized carbons (Fsp3) is 0.375. The second-order valence-corrected chi connectivity index (χ2v) is 5.09. The Labute approximate surface area is 124 Å². The number of carbonyl (C=O) groups excluding carboxylic acids is 2. The standard InChI is InChI=1S/C16H20N2O3/c1-3-15(20)18-8-4-5-12-11-13(6-7-14(12)18)16(21)17(2)9-10-19/h3,6-7,11,19H,1,4-5,8-10H2,2H3. The van der Waals surface area contributed by atoms with E-state index in [1.54, 1.807) is 18.0 Å². The average Bonchev–Trinajstić information content (AvgIpc) is 2.52. The van der Waals surface area contributed by atoms with E-state index in [0.29, 0.717) is 18.7 Å². The lowest BCUT2D eigenvalue weighted by molar-refractivity contribution is -0.114. The summed E-state index contributed by atoms with van der Waals surface area (Å²) in [6.07, 6.45) is 3.03. The number of hydrogen-bond acceptors (Lipinski definition) is 3. The molecule has 0 spiro atoms. The number of nitrogens with zero attached hydrogens (tertiary/aromatic N) is 2. The highest BCUT2D eigenvalue weighted by molar-refractivity contribution is 6.02. The molecule has 0 radical (unpaired) electrons. The number of aryl methyl sites for hydroxylation is 1. The van der Waals surface area contributed by atoms with Gasteiger partial charge in [0, 0.05) is 31.4 Å². The van der Waals surface area contributed by atoms with Crippen molar-refractivity contribution >= 4 is 17.5 Å². The van der Waals surface area contributed by atoms with Crippen LogP contribution in [0.15, 0.2) is 30.9 Å². The molecule has 0 aliphatic carbocycles. The summed E-state index contributed by atoms with van der Waals surface area (Å²) < 4.78 is 0. The number of fused-ring (bicyclic) bond motifs is 1. The van der Waals surface area contributed by atoms with Crippen LogP contribution in [0.2, 0.25) is 0 Å². The second-order valence-electron chi connectivity index (χ2n) is 5.09. The quantitative estimate of drug-likeness (QED) is 0.847. The molecule has 2 rings (SSSR count). The van der Waals surface area contributed by atoms with Crippen LogP contribution in [0.4, 0.5) is 5.69 Å². The van der Waals surface area contributed by atoms with Crippen LogP contribution in [0.3, 0.4) is 0 Å². The Balaban J connectivity index is 2.29. The van der Waals surface area contributed by atoms with E-state index in [4.69, 9.17) is 5.11 Å². The van der Waals surface area contributed by atoms with Crippen molar-refractivity contribution in [2.24, 2.45) is 0 Å². The zero-order chi connectivity index (χ0) is 15.4. The summed E-state index contributed by atoms with van der Waals surface area (Å²) in [6.45, 7) is 4.44. The Bertz CT molecular complexity index is 569. The third-order valence-corrected chi connectivity index (χ3v) is 3.67. The fourth-order valence-electron chi connectivity index (χ4n) is 2.54. The van der Waals surface area contributed by atoms with Crippen LogP contribution in [-0.4, -0.2) is 48.6 Å². The summed E-state index contributed by atoms with van der Waals surface area (Å²) >= 11 is 0. The van der Waals surface area contributed by atoms with Crippen molar-refractivity contribution in [2.45, 2.75) is 12.8 Å². The molecule has 1 aliphatic rings. The smallest absolute Gasteiger partial charge is 0.253 e. The maximum atomic E-state index is 12.2. The summed E-state index contributed by atoms with van der Waals surface area (Å²) in [5.41, 5.74) is 2.44. The van der Waals surface area contributed by atoms with Gasteiger partial charge in [0.2, 0.25) is 5.91 Å². The number of carbonyl (C=O) groups is 2. The fourth-order valence-corrected chi connectivity index (χ4v) is 2.54. The van der Waals surface area contributed by atoms with Gasteiger partial charge >= 0.3 is 0 Å². The van der Waals surface area contributed by atoms with Crippen molar-refractivity contribution in [1.82, 2.24) is 4.90 Å². The van der Waals surface area contributed by atoms with E-state index < -0.39 is 0 Å². The maximum absolute atomic E-state index is 12.2. The summed E-state index contributed by atoms with van der Waals surface area (Å²) in [7, 11) is 1.66. The lowest BCUT2D eigenvalue weighted by Crippen LogP contribution is -2.34. The van der Waals surface area contributed by atoms with Gasteiger partial charge in [-0.05, 0) is 42.7 Å². The van der Waals surface area contributed by atoms with Gasteiger partial charge in [0.1, 0.15) is 0 Å². The number of aliphatic hydroxyl groups is 1. The topological polar surface area (TPSA) is 60.9 Å². The predicted octanol–water partition coefficient (Wildman–Crippen LogP) is 1.22. The summed E-state index contributed by atoms with van der Waals surface area (Å²) in [5, 5.41) is 8.90. The van der Waals surface area contributed by atoms with Crippen molar-refractivity contribution in [3.05, 3.63) is 42.0 Å². The molecule has 0 aromatic heterocycles. The van der Waals surface area contributed by atoms with Crippen molar-refractivity contribution in [3.8, 4) is 0 Å². The van der Waals surface area contributed by atoms with Crippen LogP contribution in [0.1, 0.15) is 22.3 Å².